The number of nitrogens with zero attached hydrogens (tertiary/aromatic N) is 5. The zero-order valence-corrected chi connectivity index (χ0v) is 18.7. The minimum atomic E-state index is -0.606. The maximum Gasteiger partial charge on any atom is 0.407 e. The molecule has 1 aromatic heterocycles. The highest BCUT2D eigenvalue weighted by Gasteiger charge is 2.27. The number of rotatable bonds is 4. The van der Waals surface area contributed by atoms with E-state index < -0.39 is 17.5 Å². The van der Waals surface area contributed by atoms with Gasteiger partial charge in [0.05, 0.1) is 18.2 Å². The van der Waals surface area contributed by atoms with Crippen LogP contribution in [0.2, 0.25) is 0 Å². The highest BCUT2D eigenvalue weighted by molar-refractivity contribution is 5.68. The monoisotopic (exact) mass is 442 g/mol. The van der Waals surface area contributed by atoms with Crippen molar-refractivity contribution in [2.24, 2.45) is 0 Å². The first kappa shape index (κ1) is 23.2. The fourth-order valence-electron chi connectivity index (χ4n) is 3.60. The van der Waals surface area contributed by atoms with Gasteiger partial charge in [0, 0.05) is 19.1 Å². The molecule has 9 nitrogen and oxygen atoms in total. The molecular formula is C22H27FN6O3. The quantitative estimate of drug-likeness (QED) is 0.774. The lowest BCUT2D eigenvalue weighted by Gasteiger charge is -2.34. The standard InChI is InChI=1S/C22H27FN6O3/c1-14-19(30)29(12-16-10-17(23)8-7-15(16)11-24)20(27-26-14)28-9-5-6-18(13-28)25-21(31)32-22(2,3)4/h7-8,10,18H,5-6,9,12-13H2,1-4H3,(H,25,31)/t18-/m1/s1. The second-order valence-electron chi connectivity index (χ2n) is 8.82. The van der Waals surface area contributed by atoms with E-state index >= 15 is 0 Å². The van der Waals surface area contributed by atoms with Gasteiger partial charge in [0.15, 0.2) is 0 Å². The smallest absolute Gasteiger partial charge is 0.407 e. The van der Waals surface area contributed by atoms with Crippen molar-refractivity contribution in [1.82, 2.24) is 20.1 Å². The molecule has 0 spiro atoms. The van der Waals surface area contributed by atoms with Gasteiger partial charge in [-0.3, -0.25) is 9.36 Å². The fourth-order valence-corrected chi connectivity index (χ4v) is 3.60. The van der Waals surface area contributed by atoms with E-state index in [1.54, 1.807) is 27.7 Å². The van der Waals surface area contributed by atoms with Crippen LogP contribution in [0.15, 0.2) is 23.0 Å². The normalized spacial score (nSPS) is 16.4. The Balaban J connectivity index is 1.88. The molecule has 0 bridgehead atoms. The van der Waals surface area contributed by atoms with Crippen LogP contribution in [-0.2, 0) is 11.3 Å². The molecule has 3 rings (SSSR count). The van der Waals surface area contributed by atoms with Crippen molar-refractivity contribution in [3.05, 3.63) is 51.2 Å². The lowest BCUT2D eigenvalue weighted by molar-refractivity contribution is 0.0499. The lowest BCUT2D eigenvalue weighted by Crippen LogP contribution is -2.50. The second kappa shape index (κ2) is 9.34. The molecule has 1 N–H and O–H groups in total. The third-order valence-electron chi connectivity index (χ3n) is 5.03. The summed E-state index contributed by atoms with van der Waals surface area (Å²) < 4.78 is 20.6. The zero-order valence-electron chi connectivity index (χ0n) is 18.7. The molecule has 1 aliphatic rings. The molecule has 2 heterocycles. The summed E-state index contributed by atoms with van der Waals surface area (Å²) in [4.78, 5) is 26.9. The Morgan fingerprint density at radius 1 is 1.38 bits per heavy atom. The first-order chi connectivity index (χ1) is 15.1. The second-order valence-corrected chi connectivity index (χ2v) is 8.82. The Labute approximate surface area is 185 Å². The van der Waals surface area contributed by atoms with Crippen LogP contribution in [0.5, 0.6) is 0 Å². The van der Waals surface area contributed by atoms with Crippen molar-refractivity contribution >= 4 is 12.0 Å². The van der Waals surface area contributed by atoms with E-state index in [2.05, 4.69) is 15.5 Å². The molecule has 0 unspecified atom stereocenters. The van der Waals surface area contributed by atoms with E-state index in [1.807, 2.05) is 11.0 Å². The van der Waals surface area contributed by atoms with Gasteiger partial charge < -0.3 is 15.0 Å². The highest BCUT2D eigenvalue weighted by Crippen LogP contribution is 2.20. The molecule has 32 heavy (non-hydrogen) atoms. The molecule has 1 aliphatic heterocycles. The molecule has 1 atom stereocenters. The molecule has 1 aromatic carbocycles. The number of halogens is 1. The van der Waals surface area contributed by atoms with Crippen LogP contribution in [0, 0.1) is 24.1 Å². The number of ether oxygens (including phenoxy) is 1. The van der Waals surface area contributed by atoms with Crippen LogP contribution in [0.25, 0.3) is 0 Å². The van der Waals surface area contributed by atoms with Crippen LogP contribution >= 0.6 is 0 Å². The number of alkyl carbamates (subject to hydrolysis) is 1. The lowest BCUT2D eigenvalue weighted by atomic mass is 10.1. The molecule has 1 amide bonds. The van der Waals surface area contributed by atoms with Gasteiger partial charge in [-0.25, -0.2) is 9.18 Å². The number of piperidine rings is 1. The third-order valence-corrected chi connectivity index (χ3v) is 5.03. The van der Waals surface area contributed by atoms with E-state index in [9.17, 15) is 19.2 Å². The number of amides is 1. The van der Waals surface area contributed by atoms with E-state index in [-0.39, 0.29) is 29.4 Å². The number of hydrogen-bond acceptors (Lipinski definition) is 7. The highest BCUT2D eigenvalue weighted by atomic mass is 19.1. The summed E-state index contributed by atoms with van der Waals surface area (Å²) in [5, 5.41) is 20.4. The molecule has 2 aromatic rings. The van der Waals surface area contributed by atoms with Crippen molar-refractivity contribution in [1.29, 1.82) is 5.26 Å². The molecule has 1 fully saturated rings. The molecule has 10 heteroatoms. The number of aromatic nitrogens is 3. The molecule has 0 aliphatic carbocycles. The molecule has 0 saturated carbocycles. The zero-order chi connectivity index (χ0) is 23.5. The van der Waals surface area contributed by atoms with Crippen LogP contribution < -0.4 is 15.8 Å². The summed E-state index contributed by atoms with van der Waals surface area (Å²) in [6, 6.07) is 5.67. The van der Waals surface area contributed by atoms with Gasteiger partial charge in [-0.2, -0.15) is 5.26 Å². The predicted molar refractivity (Wildman–Crippen MR) is 116 cm³/mol. The van der Waals surface area contributed by atoms with Gasteiger partial charge in [0.1, 0.15) is 17.1 Å². The van der Waals surface area contributed by atoms with E-state index in [0.29, 0.717) is 24.6 Å². The average Bonchev–Trinajstić information content (AvgIpc) is 2.70. The number of carbonyl (C=O) groups is 1. The number of nitriles is 1. The Morgan fingerprint density at radius 3 is 2.81 bits per heavy atom. The van der Waals surface area contributed by atoms with Gasteiger partial charge in [-0.15, -0.1) is 10.2 Å². The van der Waals surface area contributed by atoms with Crippen LogP contribution in [0.4, 0.5) is 15.1 Å². The van der Waals surface area contributed by atoms with Crippen molar-refractivity contribution < 1.29 is 13.9 Å². The first-order valence-electron chi connectivity index (χ1n) is 10.4. The van der Waals surface area contributed by atoms with E-state index in [4.69, 9.17) is 4.74 Å². The third kappa shape index (κ3) is 5.60. The Hall–Kier alpha value is -3.48. The number of anilines is 1. The molecular weight excluding hydrogens is 415 g/mol. The summed E-state index contributed by atoms with van der Waals surface area (Å²) in [7, 11) is 0. The summed E-state index contributed by atoms with van der Waals surface area (Å²) in [5.74, 6) is -0.184. The predicted octanol–water partition coefficient (Wildman–Crippen LogP) is 2.50. The van der Waals surface area contributed by atoms with Gasteiger partial charge >= 0.3 is 6.09 Å². The van der Waals surface area contributed by atoms with Gasteiger partial charge in [-0.1, -0.05) is 0 Å². The number of nitrogens with one attached hydrogen (secondary N) is 1. The Morgan fingerprint density at radius 2 is 2.12 bits per heavy atom. The first-order valence-corrected chi connectivity index (χ1v) is 10.4. The molecule has 1 saturated heterocycles. The van der Waals surface area contributed by atoms with Crippen molar-refractivity contribution in [2.45, 2.75) is 58.7 Å². The maximum absolute atomic E-state index is 13.8. The molecule has 0 radical (unpaired) electrons. The Kier molecular flexibility index (Phi) is 6.77. The summed E-state index contributed by atoms with van der Waals surface area (Å²) >= 11 is 0. The SMILES string of the molecule is Cc1nnc(N2CCC[C@@H](NC(=O)OC(C)(C)C)C2)n(Cc2cc(F)ccc2C#N)c1=O. The maximum atomic E-state index is 13.8. The van der Waals surface area contributed by atoms with Crippen LogP contribution in [0.3, 0.4) is 0 Å². The summed E-state index contributed by atoms with van der Waals surface area (Å²) in [6.45, 7) is 7.93. The van der Waals surface area contributed by atoms with Crippen LogP contribution in [-0.4, -0.2) is 45.6 Å². The largest absolute Gasteiger partial charge is 0.444 e. The van der Waals surface area contributed by atoms with Gasteiger partial charge in [0.2, 0.25) is 5.95 Å². The number of hydrogen-bond donors (Lipinski definition) is 1. The number of aryl methyl sites for hydroxylation is 1. The number of benzene rings is 1. The number of carbonyl (C=O) groups excluding carboxylic acids is 1. The summed E-state index contributed by atoms with van der Waals surface area (Å²) in [6.07, 6.45) is 1.00. The topological polar surface area (TPSA) is 113 Å². The van der Waals surface area contributed by atoms with Crippen molar-refractivity contribution in [3.8, 4) is 6.07 Å². The van der Waals surface area contributed by atoms with Crippen molar-refractivity contribution in [3.63, 3.8) is 0 Å². The van der Waals surface area contributed by atoms with Crippen LogP contribution in [0.1, 0.15) is 50.4 Å². The van der Waals surface area contributed by atoms with E-state index in [1.165, 1.54) is 22.8 Å². The van der Waals surface area contributed by atoms with Crippen molar-refractivity contribution in [2.75, 3.05) is 18.0 Å². The molecule has 170 valence electrons. The minimum absolute atomic E-state index is 0.0220. The van der Waals surface area contributed by atoms with E-state index in [0.717, 1.165) is 12.8 Å². The Bertz CT molecular complexity index is 1100. The fraction of sp³-hybridized carbons (Fsp3) is 0.500. The van der Waals surface area contributed by atoms with Gasteiger partial charge in [0.25, 0.3) is 5.56 Å². The minimum Gasteiger partial charge on any atom is -0.444 e. The summed E-state index contributed by atoms with van der Waals surface area (Å²) in [5.41, 5.74) is -0.120. The average molecular weight is 442 g/mol. The van der Waals surface area contributed by atoms with Gasteiger partial charge in [-0.05, 0) is 64.3 Å².